The van der Waals surface area contributed by atoms with E-state index in [1.54, 1.807) is 17.3 Å². The zero-order valence-corrected chi connectivity index (χ0v) is 13.9. The zero-order valence-electron chi connectivity index (χ0n) is 10.7. The first kappa shape index (κ1) is 14.4. The van der Waals surface area contributed by atoms with Gasteiger partial charge in [-0.1, -0.05) is 42.2 Å². The van der Waals surface area contributed by atoms with Gasteiger partial charge in [0.15, 0.2) is 4.32 Å². The lowest BCUT2D eigenvalue weighted by Gasteiger charge is -2.15. The molecule has 104 valence electrons. The molecule has 21 heavy (non-hydrogen) atoms. The van der Waals surface area contributed by atoms with Gasteiger partial charge >= 0.3 is 0 Å². The van der Waals surface area contributed by atoms with E-state index in [9.17, 15) is 4.79 Å². The molecule has 0 radical (unpaired) electrons. The molecule has 3 rings (SSSR count). The summed E-state index contributed by atoms with van der Waals surface area (Å²) < 4.78 is 1.37. The number of hydrogen-bond donors (Lipinski definition) is 0. The summed E-state index contributed by atoms with van der Waals surface area (Å²) >= 11 is 10.1. The van der Waals surface area contributed by atoms with Crippen LogP contribution < -0.4 is 4.90 Å². The summed E-state index contributed by atoms with van der Waals surface area (Å²) in [5, 5.41) is 0. The Hall–Kier alpha value is -1.50. The average molecular weight is 377 g/mol. The minimum atomic E-state index is -0.110. The van der Waals surface area contributed by atoms with Crippen molar-refractivity contribution in [3.05, 3.63) is 63.7 Å². The van der Waals surface area contributed by atoms with E-state index in [2.05, 4.69) is 20.9 Å². The molecule has 2 aromatic rings. The standard InChI is InChI=1S/C15H9BrN2OS2/c16-11-5-1-2-6-12(11)18-14(19)13(21-15(18)20)8-10-4-3-7-17-9-10/h1-9H/b13-8-. The lowest BCUT2D eigenvalue weighted by molar-refractivity contribution is -0.113. The van der Waals surface area contributed by atoms with Gasteiger partial charge in [-0.3, -0.25) is 14.7 Å². The van der Waals surface area contributed by atoms with Crippen LogP contribution in [-0.2, 0) is 4.79 Å². The molecule has 0 atom stereocenters. The molecule has 0 aliphatic carbocycles. The van der Waals surface area contributed by atoms with Crippen molar-refractivity contribution >= 4 is 61.9 Å². The van der Waals surface area contributed by atoms with Crippen molar-refractivity contribution in [2.45, 2.75) is 0 Å². The first-order chi connectivity index (χ1) is 10.2. The first-order valence-corrected chi connectivity index (χ1v) is 8.11. The van der Waals surface area contributed by atoms with Gasteiger partial charge in [-0.05, 0) is 45.8 Å². The Kier molecular flexibility index (Phi) is 4.19. The number of benzene rings is 1. The van der Waals surface area contributed by atoms with Gasteiger partial charge in [-0.15, -0.1) is 0 Å². The second kappa shape index (κ2) is 6.09. The van der Waals surface area contributed by atoms with E-state index < -0.39 is 0 Å². The number of thioether (sulfide) groups is 1. The number of thiocarbonyl (C=S) groups is 1. The fourth-order valence-electron chi connectivity index (χ4n) is 1.92. The molecule has 2 heterocycles. The predicted molar refractivity (Wildman–Crippen MR) is 94.0 cm³/mol. The number of nitrogens with zero attached hydrogens (tertiary/aromatic N) is 2. The minimum absolute atomic E-state index is 0.110. The molecule has 1 fully saturated rings. The van der Waals surface area contributed by atoms with Crippen LogP contribution in [0.2, 0.25) is 0 Å². The molecule has 0 spiro atoms. The Morgan fingerprint density at radius 3 is 2.76 bits per heavy atom. The molecule has 3 nitrogen and oxygen atoms in total. The summed E-state index contributed by atoms with van der Waals surface area (Å²) in [7, 11) is 0. The van der Waals surface area contributed by atoms with E-state index in [-0.39, 0.29) is 5.91 Å². The van der Waals surface area contributed by atoms with Gasteiger partial charge in [0.25, 0.3) is 5.91 Å². The number of para-hydroxylation sites is 1. The van der Waals surface area contributed by atoms with Crippen LogP contribution in [0, 0.1) is 0 Å². The molecular weight excluding hydrogens is 368 g/mol. The van der Waals surface area contributed by atoms with Gasteiger partial charge in [0, 0.05) is 16.9 Å². The number of hydrogen-bond acceptors (Lipinski definition) is 4. The number of aromatic nitrogens is 1. The van der Waals surface area contributed by atoms with Crippen molar-refractivity contribution in [3.63, 3.8) is 0 Å². The highest BCUT2D eigenvalue weighted by atomic mass is 79.9. The molecule has 1 saturated heterocycles. The van der Waals surface area contributed by atoms with Crippen LogP contribution in [0.25, 0.3) is 6.08 Å². The van der Waals surface area contributed by atoms with E-state index in [0.717, 1.165) is 15.7 Å². The van der Waals surface area contributed by atoms with Crippen molar-refractivity contribution in [1.29, 1.82) is 0 Å². The Bertz CT molecular complexity index is 746. The Balaban J connectivity index is 1.97. The third kappa shape index (κ3) is 2.92. The van der Waals surface area contributed by atoms with Gasteiger partial charge in [-0.25, -0.2) is 0 Å². The van der Waals surface area contributed by atoms with Crippen LogP contribution in [0.1, 0.15) is 5.56 Å². The van der Waals surface area contributed by atoms with Gasteiger partial charge in [0.1, 0.15) is 0 Å². The van der Waals surface area contributed by atoms with Gasteiger partial charge in [0.2, 0.25) is 0 Å². The maximum Gasteiger partial charge on any atom is 0.270 e. The van der Waals surface area contributed by atoms with Gasteiger partial charge < -0.3 is 0 Å². The summed E-state index contributed by atoms with van der Waals surface area (Å²) in [4.78, 5) is 18.8. The molecule has 1 amide bonds. The quantitative estimate of drug-likeness (QED) is 0.579. The molecule has 0 unspecified atom stereocenters. The molecule has 1 aliphatic rings. The molecule has 0 bridgehead atoms. The third-order valence-electron chi connectivity index (χ3n) is 2.87. The molecule has 1 aliphatic heterocycles. The Morgan fingerprint density at radius 2 is 2.05 bits per heavy atom. The number of carbonyl (C=O) groups is 1. The molecule has 0 saturated carbocycles. The third-order valence-corrected chi connectivity index (χ3v) is 4.84. The Morgan fingerprint density at radius 1 is 1.24 bits per heavy atom. The zero-order chi connectivity index (χ0) is 14.8. The normalized spacial score (nSPS) is 16.8. The summed E-state index contributed by atoms with van der Waals surface area (Å²) in [6.07, 6.45) is 5.22. The van der Waals surface area contributed by atoms with Crippen LogP contribution in [0.3, 0.4) is 0 Å². The van der Waals surface area contributed by atoms with Crippen LogP contribution >= 0.6 is 39.9 Å². The van der Waals surface area contributed by atoms with Crippen LogP contribution in [-0.4, -0.2) is 15.2 Å². The number of pyridine rings is 1. The smallest absolute Gasteiger partial charge is 0.268 e. The van der Waals surface area contributed by atoms with E-state index in [1.807, 2.05) is 42.5 Å². The number of carbonyl (C=O) groups excluding carboxylic acids is 1. The highest BCUT2D eigenvalue weighted by Crippen LogP contribution is 2.38. The summed E-state index contributed by atoms with van der Waals surface area (Å²) in [6, 6.07) is 11.3. The fourth-order valence-corrected chi connectivity index (χ4v) is 3.67. The monoisotopic (exact) mass is 376 g/mol. The van der Waals surface area contributed by atoms with Crippen LogP contribution in [0.15, 0.2) is 58.2 Å². The van der Waals surface area contributed by atoms with Gasteiger partial charge in [0.05, 0.1) is 10.6 Å². The molecule has 1 aromatic heterocycles. The lowest BCUT2D eigenvalue weighted by atomic mass is 10.2. The minimum Gasteiger partial charge on any atom is -0.268 e. The topological polar surface area (TPSA) is 33.2 Å². The highest BCUT2D eigenvalue weighted by molar-refractivity contribution is 9.10. The Labute approximate surface area is 140 Å². The predicted octanol–water partition coefficient (Wildman–Crippen LogP) is 4.25. The maximum atomic E-state index is 12.6. The van der Waals surface area contributed by atoms with Gasteiger partial charge in [-0.2, -0.15) is 0 Å². The van der Waals surface area contributed by atoms with E-state index in [1.165, 1.54) is 11.8 Å². The summed E-state index contributed by atoms with van der Waals surface area (Å²) in [5.41, 5.74) is 1.64. The van der Waals surface area contributed by atoms with E-state index in [0.29, 0.717) is 9.23 Å². The molecule has 0 N–H and O–H groups in total. The van der Waals surface area contributed by atoms with E-state index in [4.69, 9.17) is 12.2 Å². The van der Waals surface area contributed by atoms with E-state index >= 15 is 0 Å². The molecule has 6 heteroatoms. The average Bonchev–Trinajstić information content (AvgIpc) is 2.76. The highest BCUT2D eigenvalue weighted by Gasteiger charge is 2.34. The van der Waals surface area contributed by atoms with Crippen LogP contribution in [0.5, 0.6) is 0 Å². The largest absolute Gasteiger partial charge is 0.270 e. The lowest BCUT2D eigenvalue weighted by Crippen LogP contribution is -2.27. The van der Waals surface area contributed by atoms with Crippen molar-refractivity contribution < 1.29 is 4.79 Å². The van der Waals surface area contributed by atoms with Crippen molar-refractivity contribution in [3.8, 4) is 0 Å². The number of amides is 1. The molecular formula is C15H9BrN2OS2. The number of halogens is 1. The van der Waals surface area contributed by atoms with Crippen molar-refractivity contribution in [2.75, 3.05) is 4.90 Å². The number of anilines is 1. The number of rotatable bonds is 2. The SMILES string of the molecule is O=C1/C(=C/c2cccnc2)SC(=S)N1c1ccccc1Br. The fraction of sp³-hybridized carbons (Fsp3) is 0. The summed E-state index contributed by atoms with van der Waals surface area (Å²) in [6.45, 7) is 0. The summed E-state index contributed by atoms with van der Waals surface area (Å²) in [5.74, 6) is -0.110. The molecule has 1 aromatic carbocycles. The maximum absolute atomic E-state index is 12.6. The second-order valence-corrected chi connectivity index (χ2v) is 6.78. The second-order valence-electron chi connectivity index (χ2n) is 4.25. The van der Waals surface area contributed by atoms with Crippen molar-refractivity contribution in [2.24, 2.45) is 0 Å². The van der Waals surface area contributed by atoms with Crippen LogP contribution in [0.4, 0.5) is 5.69 Å². The van der Waals surface area contributed by atoms with Crippen molar-refractivity contribution in [1.82, 2.24) is 4.98 Å². The first-order valence-electron chi connectivity index (χ1n) is 6.09.